The van der Waals surface area contributed by atoms with Gasteiger partial charge in [0.25, 0.3) is 11.8 Å². The third-order valence-electron chi connectivity index (χ3n) is 6.79. The number of carbonyl (C=O) groups is 2. The minimum atomic E-state index is -0.0962. The van der Waals surface area contributed by atoms with Crippen molar-refractivity contribution in [1.82, 2.24) is 25.2 Å². The van der Waals surface area contributed by atoms with Crippen LogP contribution in [0.15, 0.2) is 40.9 Å². The molecule has 9 heteroatoms. The molecule has 0 bridgehead atoms. The number of halogens is 1. The highest BCUT2D eigenvalue weighted by molar-refractivity contribution is 9.10. The van der Waals surface area contributed by atoms with E-state index in [9.17, 15) is 9.59 Å². The number of aromatic amines is 1. The van der Waals surface area contributed by atoms with E-state index >= 15 is 0 Å². The standard InChI is InChI=1S/C25H28BrN5O3/c1-25(2,3)19-9-18(26)5-7-22(19)34-14-23(32)30-10-16-12-31(13-17(16)11-30)24(33)15-4-6-20-21(8-15)28-29-27-20/h4-9,16-17H,10-14H2,1-3H3,(H,27,28,29). The van der Waals surface area contributed by atoms with E-state index < -0.39 is 0 Å². The average molecular weight is 526 g/mol. The SMILES string of the molecule is CC(C)(C)c1cc(Br)ccc1OCC(=O)N1CC2CN(C(=O)c3ccc4n[nH]nc4c3)CC2C1. The van der Waals surface area contributed by atoms with Crippen molar-refractivity contribution < 1.29 is 14.3 Å². The zero-order valence-corrected chi connectivity index (χ0v) is 21.1. The fourth-order valence-corrected chi connectivity index (χ4v) is 5.32. The Labute approximate surface area is 206 Å². The number of hydrogen-bond acceptors (Lipinski definition) is 5. The number of rotatable bonds is 4. The highest BCUT2D eigenvalue weighted by Crippen LogP contribution is 2.35. The van der Waals surface area contributed by atoms with Gasteiger partial charge in [0.1, 0.15) is 16.8 Å². The summed E-state index contributed by atoms with van der Waals surface area (Å²) in [7, 11) is 0. The Morgan fingerprint density at radius 1 is 1.00 bits per heavy atom. The van der Waals surface area contributed by atoms with Crippen LogP contribution >= 0.6 is 15.9 Å². The topological polar surface area (TPSA) is 91.4 Å². The van der Waals surface area contributed by atoms with E-state index in [1.807, 2.05) is 28.0 Å². The van der Waals surface area contributed by atoms with Crippen molar-refractivity contribution >= 4 is 38.8 Å². The summed E-state index contributed by atoms with van der Waals surface area (Å²) in [5.41, 5.74) is 3.00. The second kappa shape index (κ2) is 8.69. The van der Waals surface area contributed by atoms with Crippen LogP contribution in [0, 0.1) is 11.8 Å². The molecule has 2 saturated heterocycles. The molecule has 2 amide bonds. The Balaban J connectivity index is 1.18. The van der Waals surface area contributed by atoms with Crippen LogP contribution in [-0.2, 0) is 10.2 Å². The number of benzene rings is 2. The second-order valence-electron chi connectivity index (χ2n) is 10.2. The van der Waals surface area contributed by atoms with Crippen molar-refractivity contribution in [2.75, 3.05) is 32.8 Å². The first-order chi connectivity index (χ1) is 16.2. The molecule has 3 heterocycles. The Hall–Kier alpha value is -2.94. The van der Waals surface area contributed by atoms with Gasteiger partial charge in [-0.05, 0) is 41.8 Å². The largest absolute Gasteiger partial charge is 0.483 e. The van der Waals surface area contributed by atoms with Crippen molar-refractivity contribution in [1.29, 1.82) is 0 Å². The maximum Gasteiger partial charge on any atom is 0.260 e. The van der Waals surface area contributed by atoms with Crippen molar-refractivity contribution in [3.05, 3.63) is 52.0 Å². The van der Waals surface area contributed by atoms with Gasteiger partial charge in [-0.3, -0.25) is 9.59 Å². The van der Waals surface area contributed by atoms with E-state index in [-0.39, 0.29) is 23.8 Å². The van der Waals surface area contributed by atoms with Gasteiger partial charge in [0, 0.05) is 53.6 Å². The molecule has 1 N–H and O–H groups in total. The Kier molecular flexibility index (Phi) is 5.83. The van der Waals surface area contributed by atoms with E-state index in [0.717, 1.165) is 21.3 Å². The van der Waals surface area contributed by atoms with Crippen LogP contribution < -0.4 is 4.74 Å². The number of H-pyrrole nitrogens is 1. The van der Waals surface area contributed by atoms with Crippen LogP contribution in [0.1, 0.15) is 36.7 Å². The third-order valence-corrected chi connectivity index (χ3v) is 7.28. The average Bonchev–Trinajstić information content (AvgIpc) is 3.51. The van der Waals surface area contributed by atoms with Gasteiger partial charge in [-0.25, -0.2) is 0 Å². The first kappa shape index (κ1) is 22.8. The third kappa shape index (κ3) is 4.41. The Morgan fingerprint density at radius 2 is 1.68 bits per heavy atom. The van der Waals surface area contributed by atoms with E-state index in [2.05, 4.69) is 52.1 Å². The number of nitrogens with zero attached hydrogens (tertiary/aromatic N) is 4. The molecule has 0 saturated carbocycles. The summed E-state index contributed by atoms with van der Waals surface area (Å²) >= 11 is 3.52. The molecule has 1 aromatic heterocycles. The Bertz CT molecular complexity index is 1240. The predicted molar refractivity (Wildman–Crippen MR) is 132 cm³/mol. The number of carbonyl (C=O) groups excluding carboxylic acids is 2. The molecule has 2 unspecified atom stereocenters. The molecule has 2 aliphatic heterocycles. The molecule has 2 fully saturated rings. The number of fused-ring (bicyclic) bond motifs is 2. The summed E-state index contributed by atoms with van der Waals surface area (Å²) in [6.45, 7) is 9.03. The molecule has 5 rings (SSSR count). The minimum absolute atomic E-state index is 0.00505. The summed E-state index contributed by atoms with van der Waals surface area (Å²) in [5, 5.41) is 10.7. The van der Waals surface area contributed by atoms with Gasteiger partial charge in [0.05, 0.1) is 0 Å². The smallest absolute Gasteiger partial charge is 0.260 e. The number of amides is 2. The molecule has 2 aromatic carbocycles. The zero-order chi connectivity index (χ0) is 24.0. The molecule has 34 heavy (non-hydrogen) atoms. The molecule has 178 valence electrons. The van der Waals surface area contributed by atoms with Gasteiger partial charge in [-0.1, -0.05) is 36.7 Å². The van der Waals surface area contributed by atoms with Crippen LogP contribution in [0.25, 0.3) is 11.0 Å². The van der Waals surface area contributed by atoms with Gasteiger partial charge in [0.2, 0.25) is 0 Å². The van der Waals surface area contributed by atoms with Gasteiger partial charge >= 0.3 is 0 Å². The Morgan fingerprint density at radius 3 is 2.38 bits per heavy atom. The van der Waals surface area contributed by atoms with Crippen LogP contribution in [0.2, 0.25) is 0 Å². The van der Waals surface area contributed by atoms with Crippen molar-refractivity contribution in [3.8, 4) is 5.75 Å². The van der Waals surface area contributed by atoms with E-state index in [1.54, 1.807) is 18.2 Å². The van der Waals surface area contributed by atoms with E-state index in [1.165, 1.54) is 0 Å². The monoisotopic (exact) mass is 525 g/mol. The lowest BCUT2D eigenvalue weighted by Gasteiger charge is -2.24. The lowest BCUT2D eigenvalue weighted by Crippen LogP contribution is -2.37. The molecule has 2 atom stereocenters. The number of ether oxygens (including phenoxy) is 1. The van der Waals surface area contributed by atoms with Crippen LogP contribution in [0.3, 0.4) is 0 Å². The summed E-state index contributed by atoms with van der Waals surface area (Å²) < 4.78 is 6.96. The predicted octanol–water partition coefficient (Wildman–Crippen LogP) is 3.63. The van der Waals surface area contributed by atoms with Crippen molar-refractivity contribution in [2.45, 2.75) is 26.2 Å². The lowest BCUT2D eigenvalue weighted by molar-refractivity contribution is -0.132. The zero-order valence-electron chi connectivity index (χ0n) is 19.5. The lowest BCUT2D eigenvalue weighted by atomic mass is 9.86. The summed E-state index contributed by atoms with van der Waals surface area (Å²) in [5.74, 6) is 1.32. The van der Waals surface area contributed by atoms with Crippen LogP contribution in [-0.4, -0.2) is 69.8 Å². The normalized spacial score (nSPS) is 20.1. The summed E-state index contributed by atoms with van der Waals surface area (Å²) in [6.07, 6.45) is 0. The molecular weight excluding hydrogens is 498 g/mol. The second-order valence-corrected chi connectivity index (χ2v) is 11.2. The van der Waals surface area contributed by atoms with Gasteiger partial charge in [-0.2, -0.15) is 15.4 Å². The van der Waals surface area contributed by atoms with Gasteiger partial charge < -0.3 is 14.5 Å². The minimum Gasteiger partial charge on any atom is -0.483 e. The van der Waals surface area contributed by atoms with Crippen LogP contribution in [0.4, 0.5) is 0 Å². The maximum atomic E-state index is 13.0. The van der Waals surface area contributed by atoms with Crippen LogP contribution in [0.5, 0.6) is 5.75 Å². The fourth-order valence-electron chi connectivity index (χ4n) is 4.96. The van der Waals surface area contributed by atoms with E-state index in [4.69, 9.17) is 4.74 Å². The summed E-state index contributed by atoms with van der Waals surface area (Å²) in [4.78, 5) is 29.7. The molecule has 3 aromatic rings. The number of aromatic nitrogens is 3. The highest BCUT2D eigenvalue weighted by Gasteiger charge is 2.43. The first-order valence-corrected chi connectivity index (χ1v) is 12.3. The van der Waals surface area contributed by atoms with Gasteiger partial charge in [-0.15, -0.1) is 0 Å². The van der Waals surface area contributed by atoms with Crippen molar-refractivity contribution in [2.24, 2.45) is 11.8 Å². The highest BCUT2D eigenvalue weighted by atomic mass is 79.9. The maximum absolute atomic E-state index is 13.0. The number of nitrogens with one attached hydrogen (secondary N) is 1. The molecule has 0 spiro atoms. The fraction of sp³-hybridized carbons (Fsp3) is 0.440. The molecule has 0 radical (unpaired) electrons. The first-order valence-electron chi connectivity index (χ1n) is 11.5. The number of likely N-dealkylation sites (tertiary alicyclic amines) is 2. The van der Waals surface area contributed by atoms with E-state index in [0.29, 0.717) is 49.1 Å². The molecule has 0 aliphatic carbocycles. The molecular formula is C25H28BrN5O3. The van der Waals surface area contributed by atoms with Gasteiger partial charge in [0.15, 0.2) is 6.61 Å². The van der Waals surface area contributed by atoms with Crippen molar-refractivity contribution in [3.63, 3.8) is 0 Å². The summed E-state index contributed by atoms with van der Waals surface area (Å²) in [6, 6.07) is 11.3. The number of hydrogen-bond donors (Lipinski definition) is 1. The molecule has 2 aliphatic rings. The quantitative estimate of drug-likeness (QED) is 0.561. The molecule has 8 nitrogen and oxygen atoms in total.